The third-order valence-corrected chi connectivity index (χ3v) is 6.08. The standard InChI is InChI=1S/C30H46N2O/c1-3-5-6-7-8-9-10-11-12-13-14-15-16-20-27-21-19-22-29(25-27)33-28(4-2)26-32-30-23-17-18-24-31-30/h16-25,28H,3-15,26H2,1-2H3,(H,31,32). The highest BCUT2D eigenvalue weighted by Crippen LogP contribution is 2.18. The summed E-state index contributed by atoms with van der Waals surface area (Å²) in [4.78, 5) is 4.32. The van der Waals surface area contributed by atoms with E-state index in [2.05, 4.69) is 54.5 Å². The molecule has 0 saturated heterocycles. The third-order valence-electron chi connectivity index (χ3n) is 6.08. The summed E-state index contributed by atoms with van der Waals surface area (Å²) < 4.78 is 6.22. The Bertz CT molecular complexity index is 744. The Hall–Kier alpha value is -2.29. The van der Waals surface area contributed by atoms with E-state index in [1.165, 1.54) is 76.2 Å². The molecule has 1 atom stereocenters. The van der Waals surface area contributed by atoms with E-state index in [-0.39, 0.29) is 6.10 Å². The fraction of sp³-hybridized carbons (Fsp3) is 0.567. The summed E-state index contributed by atoms with van der Waals surface area (Å²) in [5, 5.41) is 3.36. The van der Waals surface area contributed by atoms with Crippen LogP contribution in [0.2, 0.25) is 0 Å². The molecule has 0 spiro atoms. The van der Waals surface area contributed by atoms with Crippen molar-refractivity contribution in [2.45, 2.75) is 103 Å². The predicted octanol–water partition coefficient (Wildman–Crippen LogP) is 9.07. The number of anilines is 1. The van der Waals surface area contributed by atoms with Crippen molar-refractivity contribution < 1.29 is 4.74 Å². The lowest BCUT2D eigenvalue weighted by atomic mass is 10.1. The summed E-state index contributed by atoms with van der Waals surface area (Å²) in [5.41, 5.74) is 1.21. The number of aromatic nitrogens is 1. The molecule has 0 saturated carbocycles. The molecule has 1 heterocycles. The number of benzene rings is 1. The molecule has 2 rings (SSSR count). The van der Waals surface area contributed by atoms with Crippen molar-refractivity contribution in [2.75, 3.05) is 11.9 Å². The second-order valence-corrected chi connectivity index (χ2v) is 9.04. The van der Waals surface area contributed by atoms with Crippen LogP contribution in [0, 0.1) is 0 Å². The fourth-order valence-electron chi connectivity index (χ4n) is 3.98. The van der Waals surface area contributed by atoms with Crippen LogP contribution in [0.5, 0.6) is 5.75 Å². The molecule has 33 heavy (non-hydrogen) atoms. The maximum absolute atomic E-state index is 6.22. The van der Waals surface area contributed by atoms with E-state index in [1.807, 2.05) is 24.3 Å². The monoisotopic (exact) mass is 450 g/mol. The molecular weight excluding hydrogens is 404 g/mol. The Morgan fingerprint density at radius 3 is 2.24 bits per heavy atom. The van der Waals surface area contributed by atoms with Gasteiger partial charge in [-0.1, -0.05) is 108 Å². The van der Waals surface area contributed by atoms with Crippen LogP contribution in [0.1, 0.15) is 103 Å². The Morgan fingerprint density at radius 1 is 0.848 bits per heavy atom. The molecule has 0 aliphatic carbocycles. The third kappa shape index (κ3) is 13.1. The van der Waals surface area contributed by atoms with Gasteiger partial charge in [0.1, 0.15) is 17.7 Å². The van der Waals surface area contributed by atoms with Gasteiger partial charge in [-0.3, -0.25) is 0 Å². The number of rotatable bonds is 19. The smallest absolute Gasteiger partial charge is 0.125 e. The molecule has 3 heteroatoms. The molecule has 0 amide bonds. The molecule has 1 aromatic heterocycles. The Kier molecular flexibility index (Phi) is 14.8. The molecule has 182 valence electrons. The van der Waals surface area contributed by atoms with Gasteiger partial charge < -0.3 is 10.1 Å². The number of nitrogens with one attached hydrogen (secondary N) is 1. The lowest BCUT2D eigenvalue weighted by Crippen LogP contribution is -2.25. The normalized spacial score (nSPS) is 12.2. The van der Waals surface area contributed by atoms with Gasteiger partial charge in [0.15, 0.2) is 0 Å². The van der Waals surface area contributed by atoms with Crippen molar-refractivity contribution in [1.82, 2.24) is 4.98 Å². The van der Waals surface area contributed by atoms with Crippen LogP contribution in [-0.2, 0) is 0 Å². The van der Waals surface area contributed by atoms with Crippen LogP contribution in [0.3, 0.4) is 0 Å². The number of hydrogen-bond acceptors (Lipinski definition) is 3. The van der Waals surface area contributed by atoms with E-state index in [0.717, 1.165) is 31.0 Å². The SMILES string of the molecule is CCCCCCCCCCCCCC=Cc1cccc(OC(CC)CNc2ccccn2)c1. The van der Waals surface area contributed by atoms with E-state index in [9.17, 15) is 0 Å². The minimum atomic E-state index is 0.113. The van der Waals surface area contributed by atoms with Gasteiger partial charge in [0.2, 0.25) is 0 Å². The molecule has 0 aliphatic heterocycles. The molecule has 1 aromatic carbocycles. The van der Waals surface area contributed by atoms with Crippen molar-refractivity contribution in [2.24, 2.45) is 0 Å². The Balaban J connectivity index is 1.58. The predicted molar refractivity (Wildman–Crippen MR) is 144 cm³/mol. The van der Waals surface area contributed by atoms with E-state index >= 15 is 0 Å². The number of allylic oxidation sites excluding steroid dienone is 1. The van der Waals surface area contributed by atoms with Crippen LogP contribution >= 0.6 is 0 Å². The number of ether oxygens (including phenoxy) is 1. The molecular formula is C30H46N2O. The maximum atomic E-state index is 6.22. The summed E-state index contributed by atoms with van der Waals surface area (Å²) in [6, 6.07) is 14.3. The zero-order chi connectivity index (χ0) is 23.4. The Labute approximate surface area is 203 Å². The fourth-order valence-corrected chi connectivity index (χ4v) is 3.98. The van der Waals surface area contributed by atoms with Crippen molar-refractivity contribution in [3.63, 3.8) is 0 Å². The molecule has 0 fully saturated rings. The topological polar surface area (TPSA) is 34.1 Å². The van der Waals surface area contributed by atoms with Gasteiger partial charge in [-0.15, -0.1) is 0 Å². The van der Waals surface area contributed by atoms with Crippen LogP contribution in [0.4, 0.5) is 5.82 Å². The highest BCUT2D eigenvalue weighted by molar-refractivity contribution is 5.51. The quantitative estimate of drug-likeness (QED) is 0.217. The highest BCUT2D eigenvalue weighted by Gasteiger charge is 2.08. The van der Waals surface area contributed by atoms with Crippen molar-refractivity contribution in [1.29, 1.82) is 0 Å². The first-order chi connectivity index (χ1) is 16.3. The molecule has 2 aromatic rings. The van der Waals surface area contributed by atoms with E-state index in [1.54, 1.807) is 6.20 Å². The largest absolute Gasteiger partial charge is 0.489 e. The first-order valence-electron chi connectivity index (χ1n) is 13.4. The van der Waals surface area contributed by atoms with Gasteiger partial charge in [0.05, 0.1) is 6.54 Å². The average Bonchev–Trinajstić information content (AvgIpc) is 2.85. The summed E-state index contributed by atoms with van der Waals surface area (Å²) in [7, 11) is 0. The number of pyridine rings is 1. The van der Waals surface area contributed by atoms with Crippen LogP contribution in [-0.4, -0.2) is 17.6 Å². The minimum absolute atomic E-state index is 0.113. The second kappa shape index (κ2) is 18.2. The summed E-state index contributed by atoms with van der Waals surface area (Å²) in [6.07, 6.45) is 23.9. The lowest BCUT2D eigenvalue weighted by molar-refractivity contribution is 0.210. The van der Waals surface area contributed by atoms with Gasteiger partial charge in [0, 0.05) is 6.20 Å². The van der Waals surface area contributed by atoms with Gasteiger partial charge in [0.25, 0.3) is 0 Å². The minimum Gasteiger partial charge on any atom is -0.489 e. The van der Waals surface area contributed by atoms with Crippen LogP contribution in [0.25, 0.3) is 6.08 Å². The zero-order valence-corrected chi connectivity index (χ0v) is 21.1. The van der Waals surface area contributed by atoms with Crippen molar-refractivity contribution >= 4 is 11.9 Å². The number of unbranched alkanes of at least 4 members (excludes halogenated alkanes) is 11. The molecule has 1 unspecified atom stereocenters. The first kappa shape index (κ1) is 27.0. The van der Waals surface area contributed by atoms with E-state index in [0.29, 0.717) is 0 Å². The van der Waals surface area contributed by atoms with E-state index < -0.39 is 0 Å². The van der Waals surface area contributed by atoms with Crippen LogP contribution < -0.4 is 10.1 Å². The van der Waals surface area contributed by atoms with Crippen molar-refractivity contribution in [3.05, 3.63) is 60.3 Å². The summed E-state index contributed by atoms with van der Waals surface area (Å²) >= 11 is 0. The average molecular weight is 451 g/mol. The lowest BCUT2D eigenvalue weighted by Gasteiger charge is -2.18. The second-order valence-electron chi connectivity index (χ2n) is 9.04. The number of hydrogen-bond donors (Lipinski definition) is 1. The molecule has 0 bridgehead atoms. The van der Waals surface area contributed by atoms with E-state index in [4.69, 9.17) is 4.74 Å². The summed E-state index contributed by atoms with van der Waals surface area (Å²) in [6.45, 7) is 5.18. The molecule has 0 aliphatic rings. The zero-order valence-electron chi connectivity index (χ0n) is 21.1. The maximum Gasteiger partial charge on any atom is 0.125 e. The molecule has 1 N–H and O–H groups in total. The molecule has 0 radical (unpaired) electrons. The first-order valence-corrected chi connectivity index (χ1v) is 13.4. The van der Waals surface area contributed by atoms with Crippen LogP contribution in [0.15, 0.2) is 54.7 Å². The summed E-state index contributed by atoms with van der Waals surface area (Å²) in [5.74, 6) is 1.82. The highest BCUT2D eigenvalue weighted by atomic mass is 16.5. The van der Waals surface area contributed by atoms with Gasteiger partial charge >= 0.3 is 0 Å². The Morgan fingerprint density at radius 2 is 1.58 bits per heavy atom. The number of nitrogens with zero attached hydrogens (tertiary/aromatic N) is 1. The van der Waals surface area contributed by atoms with Gasteiger partial charge in [-0.05, 0) is 49.1 Å². The molecule has 3 nitrogen and oxygen atoms in total. The van der Waals surface area contributed by atoms with Gasteiger partial charge in [-0.2, -0.15) is 0 Å². The van der Waals surface area contributed by atoms with Crippen molar-refractivity contribution in [3.8, 4) is 5.75 Å². The van der Waals surface area contributed by atoms with Gasteiger partial charge in [-0.25, -0.2) is 4.98 Å².